The first kappa shape index (κ1) is 26.2. The molecule has 3 N–H and O–H groups in total. The molecule has 0 aliphatic carbocycles. The first-order valence-corrected chi connectivity index (χ1v) is 12.2. The number of carbonyl (C=O) groups is 2. The monoisotopic (exact) mass is 417 g/mol. The molecule has 0 aliphatic heterocycles. The number of carboxylic acids is 1. The molecule has 1 rings (SSSR count). The van der Waals surface area contributed by atoms with E-state index in [1.165, 1.54) is 96.0 Å². The molecule has 0 aliphatic rings. The molecule has 0 unspecified atom stereocenters. The van der Waals surface area contributed by atoms with Gasteiger partial charge in [0.15, 0.2) is 0 Å². The number of carbonyl (C=O) groups excluding carboxylic acids is 1. The van der Waals surface area contributed by atoms with Crippen LogP contribution in [0, 0.1) is 0 Å². The van der Waals surface area contributed by atoms with Crippen LogP contribution in [0.4, 0.5) is 0 Å². The minimum absolute atomic E-state index is 0.0106. The molecule has 0 bridgehead atoms. The zero-order valence-corrected chi connectivity index (χ0v) is 19.1. The normalized spacial score (nSPS) is 11.0. The summed E-state index contributed by atoms with van der Waals surface area (Å²) in [5, 5.41) is 9.24. The lowest BCUT2D eigenvalue weighted by molar-refractivity contribution is 0.0692. The number of hydrogen-bond acceptors (Lipinski definition) is 2. The first-order chi connectivity index (χ1) is 14.6. The van der Waals surface area contributed by atoms with Gasteiger partial charge in [0, 0.05) is 0 Å². The lowest BCUT2D eigenvalue weighted by Crippen LogP contribution is -2.18. The minimum Gasteiger partial charge on any atom is -0.478 e. The largest absolute Gasteiger partial charge is 0.478 e. The Morgan fingerprint density at radius 2 is 1.17 bits per heavy atom. The Morgan fingerprint density at radius 3 is 1.57 bits per heavy atom. The topological polar surface area (TPSA) is 80.4 Å². The van der Waals surface area contributed by atoms with Crippen molar-refractivity contribution in [2.24, 2.45) is 5.73 Å². The Kier molecular flexibility index (Phi) is 14.8. The summed E-state index contributed by atoms with van der Waals surface area (Å²) in [4.78, 5) is 23.0. The van der Waals surface area contributed by atoms with Gasteiger partial charge in [0.05, 0.1) is 11.1 Å². The van der Waals surface area contributed by atoms with Crippen LogP contribution in [0.1, 0.15) is 136 Å². The molecule has 30 heavy (non-hydrogen) atoms. The smallest absolute Gasteiger partial charge is 0.336 e. The number of primary amides is 1. The second kappa shape index (κ2) is 16.9. The summed E-state index contributed by atoms with van der Waals surface area (Å²) in [6, 6.07) is 4.95. The van der Waals surface area contributed by atoms with E-state index < -0.39 is 11.9 Å². The molecular formula is C26H43NO3. The fraction of sp³-hybridized carbons (Fsp3) is 0.692. The molecule has 0 aromatic heterocycles. The van der Waals surface area contributed by atoms with Crippen LogP contribution in [0.3, 0.4) is 0 Å². The van der Waals surface area contributed by atoms with Gasteiger partial charge in [-0.1, -0.05) is 115 Å². The van der Waals surface area contributed by atoms with Crippen molar-refractivity contribution in [1.82, 2.24) is 0 Å². The van der Waals surface area contributed by atoms with Gasteiger partial charge in [0.25, 0.3) is 0 Å². The third-order valence-corrected chi connectivity index (χ3v) is 5.93. The molecule has 0 fully saturated rings. The number of aryl methyl sites for hydroxylation is 1. The second-order valence-electron chi connectivity index (χ2n) is 8.56. The molecule has 0 saturated heterocycles. The van der Waals surface area contributed by atoms with E-state index in [9.17, 15) is 14.7 Å². The number of unbranched alkanes of at least 4 members (excludes halogenated alkanes) is 15. The van der Waals surface area contributed by atoms with E-state index in [-0.39, 0.29) is 11.1 Å². The molecule has 4 nitrogen and oxygen atoms in total. The summed E-state index contributed by atoms with van der Waals surface area (Å²) in [7, 11) is 0. The van der Waals surface area contributed by atoms with Crippen molar-refractivity contribution in [2.75, 3.05) is 0 Å². The summed E-state index contributed by atoms with van der Waals surface area (Å²) in [6.07, 6.45) is 21.8. The minimum atomic E-state index is -1.10. The van der Waals surface area contributed by atoms with Crippen molar-refractivity contribution in [2.45, 2.75) is 116 Å². The highest BCUT2D eigenvalue weighted by atomic mass is 16.4. The highest BCUT2D eigenvalue weighted by molar-refractivity contribution is 6.05. The van der Waals surface area contributed by atoms with E-state index in [0.29, 0.717) is 6.42 Å². The average molecular weight is 418 g/mol. The van der Waals surface area contributed by atoms with Gasteiger partial charge >= 0.3 is 5.97 Å². The van der Waals surface area contributed by atoms with Crippen molar-refractivity contribution >= 4 is 11.9 Å². The highest BCUT2D eigenvalue weighted by Crippen LogP contribution is 2.19. The molecule has 1 amide bonds. The third-order valence-electron chi connectivity index (χ3n) is 5.93. The summed E-state index contributed by atoms with van der Waals surface area (Å²) in [6.45, 7) is 2.27. The van der Waals surface area contributed by atoms with Crippen molar-refractivity contribution in [3.8, 4) is 0 Å². The number of amides is 1. The molecular weight excluding hydrogens is 374 g/mol. The number of rotatable bonds is 19. The molecule has 1 aromatic carbocycles. The van der Waals surface area contributed by atoms with Gasteiger partial charge in [0.1, 0.15) is 0 Å². The van der Waals surface area contributed by atoms with Crippen molar-refractivity contribution in [1.29, 1.82) is 0 Å². The van der Waals surface area contributed by atoms with Gasteiger partial charge in [0.2, 0.25) is 5.91 Å². The van der Waals surface area contributed by atoms with Crippen LogP contribution in [-0.4, -0.2) is 17.0 Å². The third kappa shape index (κ3) is 11.4. The van der Waals surface area contributed by atoms with Crippen molar-refractivity contribution < 1.29 is 14.7 Å². The van der Waals surface area contributed by atoms with E-state index >= 15 is 0 Å². The Bertz CT molecular complexity index is 612. The summed E-state index contributed by atoms with van der Waals surface area (Å²) >= 11 is 0. The zero-order chi connectivity index (χ0) is 22.0. The van der Waals surface area contributed by atoms with Gasteiger partial charge in [-0.05, 0) is 24.5 Å². The number of benzene rings is 1. The second-order valence-corrected chi connectivity index (χ2v) is 8.56. The van der Waals surface area contributed by atoms with E-state index in [0.717, 1.165) is 18.4 Å². The molecule has 1 aromatic rings. The fourth-order valence-corrected chi connectivity index (χ4v) is 4.14. The molecule has 0 radical (unpaired) electrons. The molecule has 0 heterocycles. The van der Waals surface area contributed by atoms with Crippen LogP contribution >= 0.6 is 0 Å². The number of aromatic carboxylic acids is 1. The highest BCUT2D eigenvalue weighted by Gasteiger charge is 2.17. The number of hydrogen-bond donors (Lipinski definition) is 2. The maximum absolute atomic E-state index is 11.7. The Balaban J connectivity index is 2.03. The van der Waals surface area contributed by atoms with E-state index in [1.807, 2.05) is 6.07 Å². The Morgan fingerprint density at radius 1 is 0.733 bits per heavy atom. The quantitative estimate of drug-likeness (QED) is 0.232. The van der Waals surface area contributed by atoms with Crippen LogP contribution in [0.15, 0.2) is 18.2 Å². The standard InChI is InChI=1S/C26H43NO3/c1-2-3-4-5-6-7-8-9-10-11-12-13-14-15-16-17-19-22-20-18-21-23(26(29)30)24(22)25(27)28/h18,20-21H,2-17,19H2,1H3,(H2,27,28)(H,29,30). The Labute approximate surface area is 183 Å². The van der Waals surface area contributed by atoms with Gasteiger partial charge in [-0.2, -0.15) is 0 Å². The molecule has 4 heteroatoms. The van der Waals surface area contributed by atoms with Crippen molar-refractivity contribution in [3.63, 3.8) is 0 Å². The van der Waals surface area contributed by atoms with E-state index in [1.54, 1.807) is 6.07 Å². The fourth-order valence-electron chi connectivity index (χ4n) is 4.14. The zero-order valence-electron chi connectivity index (χ0n) is 19.1. The summed E-state index contributed by atoms with van der Waals surface area (Å²) in [5.41, 5.74) is 6.35. The summed E-state index contributed by atoms with van der Waals surface area (Å²) < 4.78 is 0. The maximum Gasteiger partial charge on any atom is 0.336 e. The first-order valence-electron chi connectivity index (χ1n) is 12.2. The SMILES string of the molecule is CCCCCCCCCCCCCCCCCCc1cccc(C(=O)O)c1C(N)=O. The lowest BCUT2D eigenvalue weighted by atomic mass is 9.95. The predicted octanol–water partition coefficient (Wildman–Crippen LogP) is 7.29. The maximum atomic E-state index is 11.7. The van der Waals surface area contributed by atoms with Crippen LogP contribution in [0.25, 0.3) is 0 Å². The molecule has 0 saturated carbocycles. The van der Waals surface area contributed by atoms with Crippen LogP contribution < -0.4 is 5.73 Å². The molecule has 0 atom stereocenters. The molecule has 0 spiro atoms. The van der Waals surface area contributed by atoms with Gasteiger partial charge < -0.3 is 10.8 Å². The van der Waals surface area contributed by atoms with Crippen LogP contribution in [0.2, 0.25) is 0 Å². The molecule has 170 valence electrons. The van der Waals surface area contributed by atoms with Crippen LogP contribution in [-0.2, 0) is 6.42 Å². The predicted molar refractivity (Wildman–Crippen MR) is 125 cm³/mol. The van der Waals surface area contributed by atoms with Gasteiger partial charge in [-0.15, -0.1) is 0 Å². The summed E-state index contributed by atoms with van der Waals surface area (Å²) in [5.74, 6) is -1.75. The van der Waals surface area contributed by atoms with Crippen LogP contribution in [0.5, 0.6) is 0 Å². The van der Waals surface area contributed by atoms with E-state index in [4.69, 9.17) is 5.73 Å². The van der Waals surface area contributed by atoms with Crippen molar-refractivity contribution in [3.05, 3.63) is 34.9 Å². The van der Waals surface area contributed by atoms with E-state index in [2.05, 4.69) is 6.92 Å². The number of carboxylic acid groups (broad SMARTS) is 1. The number of nitrogens with two attached hydrogens (primary N) is 1. The average Bonchev–Trinajstić information content (AvgIpc) is 2.73. The van der Waals surface area contributed by atoms with Gasteiger partial charge in [-0.3, -0.25) is 4.79 Å². The van der Waals surface area contributed by atoms with Gasteiger partial charge in [-0.25, -0.2) is 4.79 Å². The lowest BCUT2D eigenvalue weighted by Gasteiger charge is -2.09. The Hall–Kier alpha value is -1.84.